The van der Waals surface area contributed by atoms with E-state index in [1.165, 1.54) is 69.3 Å². The van der Waals surface area contributed by atoms with E-state index in [9.17, 15) is 0 Å². The second-order valence-corrected chi connectivity index (χ2v) is 4.18. The molecule has 0 aromatic rings. The Bertz CT molecular complexity index is 71.2. The van der Waals surface area contributed by atoms with Crippen LogP contribution in [0.1, 0.15) is 71.1 Å². The average molecular weight is 176 g/mol. The Kier molecular flexibility index (Phi) is 13.2. The Hall–Kier alpha value is 0.597. The van der Waals surface area contributed by atoms with Gasteiger partial charge in [-0.25, -0.2) is 0 Å². The fraction of sp³-hybridized carbons (Fsp3) is 1.00. The maximum absolute atomic E-state index is 2.28. The number of hydrogen-bond acceptors (Lipinski definition) is 0. The van der Waals surface area contributed by atoms with Gasteiger partial charge < -0.3 is 0 Å². The van der Waals surface area contributed by atoms with Crippen molar-refractivity contribution in [1.82, 2.24) is 0 Å². The zero-order chi connectivity index (χ0) is 9.78. The normalized spacial score (nSPS) is 10.7. The fourth-order valence-electron chi connectivity index (χ4n) is 1.74. The van der Waals surface area contributed by atoms with Crippen LogP contribution in [-0.2, 0) is 0 Å². The molecule has 0 radical (unpaired) electrons. The van der Waals surface area contributed by atoms with Crippen molar-refractivity contribution in [2.75, 3.05) is 0 Å². The van der Waals surface area contributed by atoms with Gasteiger partial charge in [0, 0.05) is 0 Å². The van der Waals surface area contributed by atoms with Gasteiger partial charge in [0.25, 0.3) is 0 Å². The second kappa shape index (κ2) is 12.6. The van der Waals surface area contributed by atoms with Crippen molar-refractivity contribution in [3.63, 3.8) is 0 Å². The molecular weight excluding hydrogens is 151 g/mol. The monoisotopic (exact) mass is 176 g/mol. The summed E-state index contributed by atoms with van der Waals surface area (Å²) in [5.41, 5.74) is 0. The van der Waals surface area contributed by atoms with Crippen molar-refractivity contribution >= 4 is 17.7 Å². The van der Waals surface area contributed by atoms with Crippen LogP contribution in [0.5, 0.6) is 0 Å². The summed E-state index contributed by atoms with van der Waals surface area (Å²) in [7, 11) is 0. The number of rotatable bonds is 10. The van der Waals surface area contributed by atoms with Crippen LogP contribution in [0.25, 0.3) is 0 Å². The summed E-state index contributed by atoms with van der Waals surface area (Å²) < 4.78 is 0. The first kappa shape index (κ1) is 13.6. The van der Waals surface area contributed by atoms with E-state index < -0.39 is 0 Å². The quantitative estimate of drug-likeness (QED) is 0.340. The Morgan fingerprint density at radius 3 is 1.38 bits per heavy atom. The predicted octanol–water partition coefficient (Wildman–Crippen LogP) is 4.49. The second-order valence-electron chi connectivity index (χ2n) is 4.18. The van der Waals surface area contributed by atoms with Gasteiger partial charge in [-0.1, -0.05) is 0 Å². The van der Waals surface area contributed by atoms with Gasteiger partial charge in [0.15, 0.2) is 0 Å². The third kappa shape index (κ3) is 12.6. The zero-order valence-electron chi connectivity index (χ0n) is 9.78. The molecule has 0 saturated heterocycles. The molecule has 0 bridgehead atoms. The van der Waals surface area contributed by atoms with E-state index in [0.717, 1.165) is 0 Å². The van der Waals surface area contributed by atoms with E-state index in [1.807, 2.05) is 0 Å². The maximum atomic E-state index is 2.28. The van der Waals surface area contributed by atoms with Gasteiger partial charge in [0.2, 0.25) is 0 Å². The topological polar surface area (TPSA) is 0 Å². The molecule has 0 saturated carbocycles. The third-order valence-corrected chi connectivity index (χ3v) is 2.71. The van der Waals surface area contributed by atoms with Crippen molar-refractivity contribution in [1.29, 1.82) is 0 Å². The van der Waals surface area contributed by atoms with Crippen LogP contribution in [0.2, 0.25) is 5.09 Å². The van der Waals surface area contributed by atoms with Crippen LogP contribution in [0.3, 0.4) is 0 Å². The van der Waals surface area contributed by atoms with Crippen molar-refractivity contribution in [3.05, 3.63) is 0 Å². The summed E-state index contributed by atoms with van der Waals surface area (Å²) in [4.78, 5) is 0. The molecule has 13 heavy (non-hydrogen) atoms. The Balaban J connectivity index is 2.76. The molecule has 0 atom stereocenters. The molecule has 0 aliphatic carbocycles. The average Bonchev–Trinajstić information content (AvgIpc) is 2.16. The van der Waals surface area contributed by atoms with Gasteiger partial charge in [-0.05, 0) is 0 Å². The van der Waals surface area contributed by atoms with Gasteiger partial charge in [0.05, 0.1) is 0 Å². The van der Waals surface area contributed by atoms with E-state index in [4.69, 9.17) is 0 Å². The van der Waals surface area contributed by atoms with Crippen LogP contribution in [0.15, 0.2) is 0 Å². The van der Waals surface area contributed by atoms with E-state index in [0.29, 0.717) is 0 Å². The fourth-order valence-corrected chi connectivity index (χ4v) is 1.74. The van der Waals surface area contributed by atoms with Gasteiger partial charge in [-0.2, -0.15) is 0 Å². The molecule has 0 aromatic heterocycles. The van der Waals surface area contributed by atoms with E-state index in [-0.39, 0.29) is 0 Å². The summed E-state index contributed by atoms with van der Waals surface area (Å²) in [5, 5.41) is 1.37. The van der Waals surface area contributed by atoms with Gasteiger partial charge >= 0.3 is 93.9 Å². The minimum absolute atomic E-state index is 1.37. The van der Waals surface area contributed by atoms with Crippen molar-refractivity contribution < 1.29 is 0 Å². The third-order valence-electron chi connectivity index (χ3n) is 2.71. The van der Waals surface area contributed by atoms with Crippen molar-refractivity contribution in [2.24, 2.45) is 0 Å². The molecule has 0 unspecified atom stereocenters. The van der Waals surface area contributed by atoms with Crippen LogP contribution in [0, 0.1) is 0 Å². The summed E-state index contributed by atoms with van der Waals surface area (Å²) in [6, 6.07) is 0. The van der Waals surface area contributed by atoms with Crippen LogP contribution < -0.4 is 0 Å². The Morgan fingerprint density at radius 1 is 0.615 bits per heavy atom. The Labute approximate surface area is 94.1 Å². The summed E-state index contributed by atoms with van der Waals surface area (Å²) >= 11 is 2.28. The van der Waals surface area contributed by atoms with Crippen LogP contribution in [-0.4, -0.2) is 17.7 Å². The molecule has 0 fully saturated rings. The van der Waals surface area contributed by atoms with Gasteiger partial charge in [-0.3, -0.25) is 0 Å². The molecule has 1 heteroatoms. The molecule has 74 valence electrons. The number of unbranched alkanes of at least 4 members (excludes halogenated alkanes) is 9. The molecule has 0 heterocycles. The first-order valence-electron chi connectivity index (χ1n) is 6.41. The van der Waals surface area contributed by atoms with E-state index in [2.05, 4.69) is 24.6 Å². The first-order valence-corrected chi connectivity index (χ1v) is 6.41. The van der Waals surface area contributed by atoms with Gasteiger partial charge in [0.1, 0.15) is 0 Å². The predicted molar refractivity (Wildman–Crippen MR) is 62.4 cm³/mol. The summed E-state index contributed by atoms with van der Waals surface area (Å²) in [5.74, 6) is 0. The number of hydrogen-bond donors (Lipinski definition) is 0. The molecule has 0 aliphatic rings. The molecular formula is C12H25Li. The van der Waals surface area contributed by atoms with E-state index >= 15 is 0 Å². The first-order chi connectivity index (χ1) is 6.41. The zero-order valence-corrected chi connectivity index (χ0v) is 9.78. The standard InChI is InChI=1S/C12H25.Li/c1-3-5-7-9-11-12-10-8-6-4-2;/h1,3-12H2,2H3;. The van der Waals surface area contributed by atoms with Gasteiger partial charge in [-0.15, -0.1) is 0 Å². The van der Waals surface area contributed by atoms with Crippen LogP contribution >= 0.6 is 0 Å². The molecule has 0 N–H and O–H groups in total. The molecule has 0 spiro atoms. The van der Waals surface area contributed by atoms with Crippen LogP contribution in [0.4, 0.5) is 0 Å². The molecule has 0 nitrogen and oxygen atoms in total. The minimum atomic E-state index is 1.37. The SMILES string of the molecule is [Li][CH2]CCCCCCCCCCC. The Morgan fingerprint density at radius 2 is 1.00 bits per heavy atom. The summed E-state index contributed by atoms with van der Waals surface area (Å²) in [6.45, 7) is 2.28. The van der Waals surface area contributed by atoms with Crippen molar-refractivity contribution in [3.8, 4) is 0 Å². The molecule has 0 aliphatic heterocycles. The molecule has 0 aromatic carbocycles. The summed E-state index contributed by atoms with van der Waals surface area (Å²) in [6.07, 6.45) is 14.6. The molecule has 0 amide bonds. The molecule has 0 rings (SSSR count). The van der Waals surface area contributed by atoms with E-state index in [1.54, 1.807) is 0 Å². The van der Waals surface area contributed by atoms with Crippen molar-refractivity contribution in [2.45, 2.75) is 76.2 Å².